The Labute approximate surface area is 180 Å². The molecule has 1 atom stereocenters. The molecular formula is C22H24ClN3O4. The van der Waals surface area contributed by atoms with Crippen molar-refractivity contribution in [2.24, 2.45) is 0 Å². The summed E-state index contributed by atoms with van der Waals surface area (Å²) in [5.41, 5.74) is 2.77. The van der Waals surface area contributed by atoms with Gasteiger partial charge >= 0.3 is 0 Å². The summed E-state index contributed by atoms with van der Waals surface area (Å²) in [5.74, 6) is 1.39. The number of rotatable bonds is 6. The summed E-state index contributed by atoms with van der Waals surface area (Å²) >= 11 is 6.19. The van der Waals surface area contributed by atoms with Gasteiger partial charge in [-0.1, -0.05) is 18.9 Å². The van der Waals surface area contributed by atoms with Crippen LogP contribution in [0.2, 0.25) is 5.28 Å². The molecule has 5 rings (SSSR count). The van der Waals surface area contributed by atoms with Crippen LogP contribution in [0.5, 0.6) is 11.5 Å². The van der Waals surface area contributed by atoms with E-state index in [0.29, 0.717) is 18.8 Å². The van der Waals surface area contributed by atoms with E-state index in [1.165, 1.54) is 12.8 Å². The van der Waals surface area contributed by atoms with E-state index in [-0.39, 0.29) is 18.2 Å². The van der Waals surface area contributed by atoms with Crippen molar-refractivity contribution in [3.8, 4) is 11.5 Å². The normalized spacial score (nSPS) is 22.3. The van der Waals surface area contributed by atoms with Crippen molar-refractivity contribution in [3.63, 3.8) is 0 Å². The van der Waals surface area contributed by atoms with Gasteiger partial charge < -0.3 is 24.3 Å². The van der Waals surface area contributed by atoms with Crippen LogP contribution in [-0.4, -0.2) is 35.8 Å². The lowest BCUT2D eigenvalue weighted by Gasteiger charge is -2.35. The van der Waals surface area contributed by atoms with Crippen molar-refractivity contribution in [2.45, 2.75) is 50.5 Å². The molecule has 1 saturated carbocycles. The van der Waals surface area contributed by atoms with Gasteiger partial charge in [-0.15, -0.1) is 0 Å². The fraction of sp³-hybridized carbons (Fsp3) is 0.455. The minimum Gasteiger partial charge on any atom is -0.454 e. The van der Waals surface area contributed by atoms with Crippen molar-refractivity contribution in [3.05, 3.63) is 46.4 Å². The molecule has 3 aliphatic rings. The Morgan fingerprint density at radius 3 is 2.87 bits per heavy atom. The molecule has 1 N–H and O–H groups in total. The number of hydrogen-bond acceptors (Lipinski definition) is 7. The smallest absolute Gasteiger partial charge is 0.231 e. The third-order valence-electron chi connectivity index (χ3n) is 5.84. The zero-order valence-corrected chi connectivity index (χ0v) is 17.6. The molecular weight excluding hydrogens is 406 g/mol. The number of nitrogens with zero attached hydrogens (tertiary/aromatic N) is 2. The minimum atomic E-state index is -0.811. The molecule has 0 amide bonds. The number of fused-ring (bicyclic) bond motifs is 2. The lowest BCUT2D eigenvalue weighted by molar-refractivity contribution is -0.212. The van der Waals surface area contributed by atoms with E-state index in [0.717, 1.165) is 41.2 Å². The van der Waals surface area contributed by atoms with E-state index in [1.54, 1.807) is 7.11 Å². The Morgan fingerprint density at radius 2 is 2.03 bits per heavy atom. The number of nitrogens with one attached hydrogen (secondary N) is 1. The first-order valence-electron chi connectivity index (χ1n) is 10.3. The SMILES string of the molecule is COC1(OC2CCCC2)C=Cc2nc(Cl)nc(NCc3ccc4c(c3)OCO4)c2C1. The van der Waals surface area contributed by atoms with Gasteiger partial charge in [0.25, 0.3) is 0 Å². The fourth-order valence-corrected chi connectivity index (χ4v) is 4.41. The first-order valence-corrected chi connectivity index (χ1v) is 10.6. The van der Waals surface area contributed by atoms with Gasteiger partial charge in [-0.2, -0.15) is 0 Å². The van der Waals surface area contributed by atoms with Gasteiger partial charge in [-0.05, 0) is 54.3 Å². The van der Waals surface area contributed by atoms with Crippen LogP contribution in [-0.2, 0) is 22.4 Å². The molecule has 1 aliphatic heterocycles. The number of benzene rings is 1. The van der Waals surface area contributed by atoms with Gasteiger partial charge in [0.05, 0.1) is 11.8 Å². The van der Waals surface area contributed by atoms with Crippen molar-refractivity contribution in [1.82, 2.24) is 9.97 Å². The highest BCUT2D eigenvalue weighted by molar-refractivity contribution is 6.28. The van der Waals surface area contributed by atoms with Gasteiger partial charge in [0, 0.05) is 25.6 Å². The summed E-state index contributed by atoms with van der Waals surface area (Å²) in [6, 6.07) is 5.88. The highest BCUT2D eigenvalue weighted by atomic mass is 35.5. The van der Waals surface area contributed by atoms with Crippen LogP contribution >= 0.6 is 11.6 Å². The molecule has 2 heterocycles. The minimum absolute atomic E-state index is 0.202. The number of aromatic nitrogens is 2. The molecule has 1 aromatic heterocycles. The predicted octanol–water partition coefficient (Wildman–Crippen LogP) is 4.34. The Hall–Kier alpha value is -2.35. The Kier molecular flexibility index (Phi) is 5.26. The highest BCUT2D eigenvalue weighted by Gasteiger charge is 2.37. The highest BCUT2D eigenvalue weighted by Crippen LogP contribution is 2.37. The zero-order valence-electron chi connectivity index (χ0n) is 16.8. The van der Waals surface area contributed by atoms with E-state index < -0.39 is 5.79 Å². The predicted molar refractivity (Wildman–Crippen MR) is 113 cm³/mol. The van der Waals surface area contributed by atoms with Crippen LogP contribution in [0, 0.1) is 0 Å². The fourth-order valence-electron chi connectivity index (χ4n) is 4.24. The summed E-state index contributed by atoms with van der Waals surface area (Å²) in [5, 5.41) is 3.60. The van der Waals surface area contributed by atoms with Gasteiger partial charge in [-0.25, -0.2) is 9.97 Å². The number of hydrogen-bond donors (Lipinski definition) is 1. The number of ether oxygens (including phenoxy) is 4. The summed E-state index contributed by atoms with van der Waals surface area (Å²) < 4.78 is 23.1. The average molecular weight is 430 g/mol. The lowest BCUT2D eigenvalue weighted by atomic mass is 9.96. The second-order valence-electron chi connectivity index (χ2n) is 7.80. The largest absolute Gasteiger partial charge is 0.454 e. The number of methoxy groups -OCH3 is 1. The molecule has 2 aromatic rings. The second kappa shape index (κ2) is 8.06. The maximum absolute atomic E-state index is 6.39. The number of anilines is 1. The van der Waals surface area contributed by atoms with Crippen molar-refractivity contribution >= 4 is 23.5 Å². The quantitative estimate of drug-likeness (QED) is 0.540. The summed E-state index contributed by atoms with van der Waals surface area (Å²) in [6.07, 6.45) is 9.13. The maximum Gasteiger partial charge on any atom is 0.231 e. The van der Waals surface area contributed by atoms with Crippen LogP contribution in [0.25, 0.3) is 6.08 Å². The van der Waals surface area contributed by atoms with Crippen molar-refractivity contribution in [2.75, 3.05) is 19.2 Å². The third kappa shape index (κ3) is 3.85. The molecule has 30 heavy (non-hydrogen) atoms. The van der Waals surface area contributed by atoms with Gasteiger partial charge in [0.1, 0.15) is 5.82 Å². The van der Waals surface area contributed by atoms with Gasteiger partial charge in [0.15, 0.2) is 17.3 Å². The summed E-state index contributed by atoms with van der Waals surface area (Å²) in [4.78, 5) is 8.84. The van der Waals surface area contributed by atoms with E-state index in [1.807, 2.05) is 30.4 Å². The molecule has 1 aromatic carbocycles. The first kappa shape index (κ1) is 19.6. The molecule has 0 saturated heterocycles. The molecule has 0 radical (unpaired) electrons. The molecule has 158 valence electrons. The number of halogens is 1. The van der Waals surface area contributed by atoms with Crippen LogP contribution in [0.1, 0.15) is 42.5 Å². The van der Waals surface area contributed by atoms with Crippen LogP contribution in [0.15, 0.2) is 24.3 Å². The van der Waals surface area contributed by atoms with E-state index in [2.05, 4.69) is 15.3 Å². The van der Waals surface area contributed by atoms with Crippen molar-refractivity contribution < 1.29 is 18.9 Å². The monoisotopic (exact) mass is 429 g/mol. The molecule has 2 aliphatic carbocycles. The van der Waals surface area contributed by atoms with E-state index >= 15 is 0 Å². The van der Waals surface area contributed by atoms with Gasteiger partial charge in [0.2, 0.25) is 12.1 Å². The summed E-state index contributed by atoms with van der Waals surface area (Å²) in [7, 11) is 1.68. The van der Waals surface area contributed by atoms with E-state index in [4.69, 9.17) is 30.5 Å². The first-order chi connectivity index (χ1) is 14.6. The Morgan fingerprint density at radius 1 is 1.20 bits per heavy atom. The molecule has 0 bridgehead atoms. The average Bonchev–Trinajstić information content (AvgIpc) is 3.43. The summed E-state index contributed by atoms with van der Waals surface area (Å²) in [6.45, 7) is 0.817. The Balaban J connectivity index is 1.38. The topological polar surface area (TPSA) is 74.7 Å². The zero-order chi connectivity index (χ0) is 20.6. The molecule has 1 fully saturated rings. The maximum atomic E-state index is 6.39. The molecule has 8 heteroatoms. The Bertz CT molecular complexity index is 977. The molecule has 1 unspecified atom stereocenters. The van der Waals surface area contributed by atoms with Crippen LogP contribution in [0.3, 0.4) is 0 Å². The van der Waals surface area contributed by atoms with E-state index in [9.17, 15) is 0 Å². The third-order valence-corrected chi connectivity index (χ3v) is 6.01. The van der Waals surface area contributed by atoms with Crippen LogP contribution in [0.4, 0.5) is 5.82 Å². The molecule has 7 nitrogen and oxygen atoms in total. The lowest BCUT2D eigenvalue weighted by Crippen LogP contribution is -2.40. The van der Waals surface area contributed by atoms with Crippen molar-refractivity contribution in [1.29, 1.82) is 0 Å². The molecule has 0 spiro atoms. The van der Waals surface area contributed by atoms with Crippen LogP contribution < -0.4 is 14.8 Å². The standard InChI is InChI=1S/C22H24ClN3O4/c1-27-22(30-15-4-2-3-5-15)9-8-17-16(11-22)20(26-21(23)25-17)24-12-14-6-7-18-19(10-14)29-13-28-18/h6-10,15H,2-5,11-13H2,1H3,(H,24,25,26). The second-order valence-corrected chi connectivity index (χ2v) is 8.13. The van der Waals surface area contributed by atoms with Gasteiger partial charge in [-0.3, -0.25) is 0 Å².